The zero-order valence-corrected chi connectivity index (χ0v) is 12.0. The highest BCUT2D eigenvalue weighted by Gasteiger charge is 2.46. The van der Waals surface area contributed by atoms with Gasteiger partial charge in [-0.1, -0.05) is 20.3 Å². The minimum Gasteiger partial charge on any atom is -0.342 e. The van der Waals surface area contributed by atoms with Crippen molar-refractivity contribution >= 4 is 11.9 Å². The third-order valence-corrected chi connectivity index (χ3v) is 4.10. The molecule has 102 valence electrons. The molecule has 1 spiro atoms. The maximum atomic E-state index is 12.3. The van der Waals surface area contributed by atoms with E-state index in [0.29, 0.717) is 11.4 Å². The molecule has 2 N–H and O–H groups in total. The van der Waals surface area contributed by atoms with Crippen LogP contribution >= 0.6 is 0 Å². The van der Waals surface area contributed by atoms with Crippen molar-refractivity contribution in [1.82, 2.24) is 10.6 Å². The zero-order chi connectivity index (χ0) is 13.4. The second kappa shape index (κ2) is 4.56. The van der Waals surface area contributed by atoms with E-state index in [1.165, 1.54) is 6.42 Å². The van der Waals surface area contributed by atoms with E-state index < -0.39 is 5.54 Å². The minimum atomic E-state index is -0.401. The van der Waals surface area contributed by atoms with Gasteiger partial charge in [0.1, 0.15) is 5.54 Å². The fourth-order valence-electron chi connectivity index (χ4n) is 2.89. The van der Waals surface area contributed by atoms with Crippen LogP contribution in [0.15, 0.2) is 4.99 Å². The fourth-order valence-corrected chi connectivity index (χ4v) is 2.89. The third-order valence-electron chi connectivity index (χ3n) is 4.10. The molecule has 18 heavy (non-hydrogen) atoms. The first-order valence-electron chi connectivity index (χ1n) is 7.00. The maximum absolute atomic E-state index is 12.3. The van der Waals surface area contributed by atoms with Crippen LogP contribution in [0.1, 0.15) is 59.8 Å². The average Bonchev–Trinajstić information content (AvgIpc) is 2.41. The molecule has 0 bridgehead atoms. The lowest BCUT2D eigenvalue weighted by atomic mass is 9.83. The van der Waals surface area contributed by atoms with Gasteiger partial charge in [0.15, 0.2) is 5.96 Å². The molecule has 1 aliphatic heterocycles. The second-order valence-electron chi connectivity index (χ2n) is 6.75. The van der Waals surface area contributed by atoms with Crippen LogP contribution in [0.3, 0.4) is 0 Å². The van der Waals surface area contributed by atoms with Gasteiger partial charge in [0.05, 0.1) is 0 Å². The van der Waals surface area contributed by atoms with Crippen molar-refractivity contribution in [2.24, 2.45) is 10.4 Å². The second-order valence-corrected chi connectivity index (χ2v) is 6.75. The van der Waals surface area contributed by atoms with Crippen LogP contribution in [0.5, 0.6) is 0 Å². The molecule has 1 heterocycles. The highest BCUT2D eigenvalue weighted by Crippen LogP contribution is 2.39. The van der Waals surface area contributed by atoms with Gasteiger partial charge in [-0.15, -0.1) is 0 Å². The first-order valence-corrected chi connectivity index (χ1v) is 7.00. The number of guanidine groups is 1. The summed E-state index contributed by atoms with van der Waals surface area (Å²) in [7, 11) is 0. The van der Waals surface area contributed by atoms with Gasteiger partial charge >= 0.3 is 0 Å². The predicted molar refractivity (Wildman–Crippen MR) is 73.4 cm³/mol. The Balaban J connectivity index is 2.15. The molecule has 0 radical (unpaired) electrons. The van der Waals surface area contributed by atoms with Crippen LogP contribution in [0, 0.1) is 5.41 Å². The first-order chi connectivity index (χ1) is 8.33. The van der Waals surface area contributed by atoms with Crippen LogP contribution in [0.4, 0.5) is 0 Å². The molecule has 1 saturated heterocycles. The van der Waals surface area contributed by atoms with Crippen LogP contribution < -0.4 is 10.6 Å². The summed E-state index contributed by atoms with van der Waals surface area (Å²) in [4.78, 5) is 16.7. The molecule has 2 rings (SSSR count). The minimum absolute atomic E-state index is 0.111. The lowest BCUT2D eigenvalue weighted by Gasteiger charge is -2.26. The topological polar surface area (TPSA) is 53.5 Å². The van der Waals surface area contributed by atoms with E-state index in [0.717, 1.165) is 25.7 Å². The summed E-state index contributed by atoms with van der Waals surface area (Å²) >= 11 is 0. The summed E-state index contributed by atoms with van der Waals surface area (Å²) < 4.78 is 0. The highest BCUT2D eigenvalue weighted by atomic mass is 16.2. The Morgan fingerprint density at radius 2 is 1.89 bits per heavy atom. The Hall–Kier alpha value is -1.06. The molecule has 1 saturated carbocycles. The van der Waals surface area contributed by atoms with Gasteiger partial charge in [-0.05, 0) is 44.9 Å². The Bertz CT molecular complexity index is 373. The van der Waals surface area contributed by atoms with Gasteiger partial charge in [-0.2, -0.15) is 0 Å². The number of hydrogen-bond donors (Lipinski definition) is 2. The summed E-state index contributed by atoms with van der Waals surface area (Å²) in [5.74, 6) is 0.773. The normalized spacial score (nSPS) is 33.6. The van der Waals surface area contributed by atoms with Crippen molar-refractivity contribution in [2.45, 2.75) is 71.4 Å². The fraction of sp³-hybridized carbons (Fsp3) is 0.857. The molecule has 1 unspecified atom stereocenters. The molecule has 2 aliphatic rings. The SMILES string of the molecule is CC(C)N=C1NC(=O)C2(CCCC(C)(C)CC2)N1. The van der Waals surface area contributed by atoms with E-state index in [9.17, 15) is 4.79 Å². The average molecular weight is 251 g/mol. The summed E-state index contributed by atoms with van der Waals surface area (Å²) in [6.07, 6.45) is 5.20. The van der Waals surface area contributed by atoms with Gasteiger partial charge < -0.3 is 5.32 Å². The van der Waals surface area contributed by atoms with E-state index in [2.05, 4.69) is 29.5 Å². The molecule has 1 amide bonds. The molecule has 1 atom stereocenters. The molecule has 1 aliphatic carbocycles. The number of nitrogens with zero attached hydrogens (tertiary/aromatic N) is 1. The number of rotatable bonds is 1. The Morgan fingerprint density at radius 3 is 2.56 bits per heavy atom. The van der Waals surface area contributed by atoms with Crippen LogP contribution in [-0.2, 0) is 4.79 Å². The largest absolute Gasteiger partial charge is 0.342 e. The lowest BCUT2D eigenvalue weighted by Crippen LogP contribution is -2.46. The number of amides is 1. The molecule has 4 nitrogen and oxygen atoms in total. The summed E-state index contributed by atoms with van der Waals surface area (Å²) in [6.45, 7) is 8.62. The number of aliphatic imine (C=N–C) groups is 1. The summed E-state index contributed by atoms with van der Waals surface area (Å²) in [6, 6.07) is 0.199. The van der Waals surface area contributed by atoms with Gasteiger partial charge in [0.2, 0.25) is 0 Å². The van der Waals surface area contributed by atoms with E-state index in [4.69, 9.17) is 0 Å². The first kappa shape index (κ1) is 13.4. The highest BCUT2D eigenvalue weighted by molar-refractivity contribution is 6.09. The molecule has 0 aromatic rings. The summed E-state index contributed by atoms with van der Waals surface area (Å²) in [5, 5.41) is 6.26. The van der Waals surface area contributed by atoms with E-state index in [-0.39, 0.29) is 11.9 Å². The van der Waals surface area contributed by atoms with Crippen molar-refractivity contribution < 1.29 is 4.79 Å². The van der Waals surface area contributed by atoms with Gasteiger partial charge in [-0.25, -0.2) is 0 Å². The van der Waals surface area contributed by atoms with Crippen molar-refractivity contribution in [3.63, 3.8) is 0 Å². The van der Waals surface area contributed by atoms with E-state index >= 15 is 0 Å². The summed E-state index contributed by atoms with van der Waals surface area (Å²) in [5.41, 5.74) is -0.0507. The molecule has 4 heteroatoms. The predicted octanol–water partition coefficient (Wildman–Crippen LogP) is 2.20. The molecular weight excluding hydrogens is 226 g/mol. The van der Waals surface area contributed by atoms with Gasteiger partial charge in [0.25, 0.3) is 5.91 Å². The van der Waals surface area contributed by atoms with Crippen LogP contribution in [-0.4, -0.2) is 23.4 Å². The smallest absolute Gasteiger partial charge is 0.252 e. The zero-order valence-electron chi connectivity index (χ0n) is 12.0. The maximum Gasteiger partial charge on any atom is 0.252 e. The quantitative estimate of drug-likeness (QED) is 0.750. The molecule has 0 aromatic heterocycles. The van der Waals surface area contributed by atoms with Gasteiger partial charge in [-0.3, -0.25) is 15.1 Å². The molecule has 0 aromatic carbocycles. The van der Waals surface area contributed by atoms with Crippen LogP contribution in [0.2, 0.25) is 0 Å². The number of carbonyl (C=O) groups excluding carboxylic acids is 1. The third kappa shape index (κ3) is 2.68. The van der Waals surface area contributed by atoms with E-state index in [1.807, 2.05) is 13.8 Å². The van der Waals surface area contributed by atoms with Crippen LogP contribution in [0.25, 0.3) is 0 Å². The molecule has 2 fully saturated rings. The van der Waals surface area contributed by atoms with Crippen molar-refractivity contribution in [3.8, 4) is 0 Å². The van der Waals surface area contributed by atoms with Gasteiger partial charge in [0, 0.05) is 6.04 Å². The Kier molecular flexibility index (Phi) is 3.39. The Morgan fingerprint density at radius 1 is 1.17 bits per heavy atom. The molecular formula is C14H25N3O. The standard InChI is InChI=1S/C14H25N3O/c1-10(2)15-12-16-11(18)14(17-12)7-5-6-13(3,4)8-9-14/h10H,5-9H2,1-4H3,(H2,15,16,17,18). The van der Waals surface area contributed by atoms with Crippen molar-refractivity contribution in [3.05, 3.63) is 0 Å². The van der Waals surface area contributed by atoms with E-state index in [1.54, 1.807) is 0 Å². The number of nitrogens with one attached hydrogen (secondary N) is 2. The number of hydrogen-bond acceptors (Lipinski definition) is 2. The monoisotopic (exact) mass is 251 g/mol. The van der Waals surface area contributed by atoms with Crippen molar-refractivity contribution in [1.29, 1.82) is 0 Å². The Labute approximate surface area is 110 Å². The van der Waals surface area contributed by atoms with Crippen molar-refractivity contribution in [2.75, 3.05) is 0 Å². The lowest BCUT2D eigenvalue weighted by molar-refractivity contribution is -0.124. The number of carbonyl (C=O) groups is 1.